The van der Waals surface area contributed by atoms with Crippen molar-refractivity contribution >= 4 is 22.9 Å². The SMILES string of the molecule is CCC1(Cc2ccc(Cl)s2)CNC1. The van der Waals surface area contributed by atoms with E-state index in [2.05, 4.69) is 18.3 Å². The normalized spacial score (nSPS) is 19.8. The molecule has 1 saturated heterocycles. The molecule has 1 aliphatic rings. The molecule has 0 bridgehead atoms. The third-order valence-electron chi connectivity index (χ3n) is 2.93. The van der Waals surface area contributed by atoms with Crippen LogP contribution in [0.25, 0.3) is 0 Å². The Morgan fingerprint density at radius 1 is 1.54 bits per heavy atom. The van der Waals surface area contributed by atoms with Crippen molar-refractivity contribution in [3.63, 3.8) is 0 Å². The molecule has 0 amide bonds. The average molecular weight is 216 g/mol. The van der Waals surface area contributed by atoms with E-state index in [1.54, 1.807) is 11.3 Å². The molecular weight excluding hydrogens is 202 g/mol. The molecule has 1 nitrogen and oxygen atoms in total. The zero-order chi connectivity index (χ0) is 9.31. The van der Waals surface area contributed by atoms with Crippen molar-refractivity contribution in [3.05, 3.63) is 21.3 Å². The van der Waals surface area contributed by atoms with Gasteiger partial charge >= 0.3 is 0 Å². The van der Waals surface area contributed by atoms with E-state index in [1.165, 1.54) is 30.8 Å². The first-order chi connectivity index (χ1) is 6.24. The zero-order valence-corrected chi connectivity index (χ0v) is 9.34. The molecule has 0 spiro atoms. The Labute approximate surface area is 88.1 Å². The summed E-state index contributed by atoms with van der Waals surface area (Å²) in [7, 11) is 0. The third kappa shape index (κ3) is 1.90. The van der Waals surface area contributed by atoms with Crippen LogP contribution in [-0.4, -0.2) is 13.1 Å². The molecule has 1 aromatic heterocycles. The van der Waals surface area contributed by atoms with Gasteiger partial charge in [0, 0.05) is 18.0 Å². The first-order valence-electron chi connectivity index (χ1n) is 4.69. The Hall–Kier alpha value is -0.0500. The van der Waals surface area contributed by atoms with Crippen LogP contribution >= 0.6 is 22.9 Å². The summed E-state index contributed by atoms with van der Waals surface area (Å²) in [5.74, 6) is 0. The minimum Gasteiger partial charge on any atom is -0.316 e. The van der Waals surface area contributed by atoms with Crippen molar-refractivity contribution in [1.29, 1.82) is 0 Å². The Balaban J connectivity index is 2.04. The highest BCUT2D eigenvalue weighted by Crippen LogP contribution is 2.34. The number of hydrogen-bond donors (Lipinski definition) is 1. The van der Waals surface area contributed by atoms with Gasteiger partial charge in [0.1, 0.15) is 0 Å². The summed E-state index contributed by atoms with van der Waals surface area (Å²) in [6.07, 6.45) is 2.45. The maximum Gasteiger partial charge on any atom is 0.0931 e. The Morgan fingerprint density at radius 2 is 2.31 bits per heavy atom. The highest BCUT2D eigenvalue weighted by atomic mass is 35.5. The lowest BCUT2D eigenvalue weighted by Crippen LogP contribution is -2.54. The van der Waals surface area contributed by atoms with Crippen molar-refractivity contribution in [2.24, 2.45) is 5.41 Å². The molecule has 0 saturated carbocycles. The van der Waals surface area contributed by atoms with E-state index < -0.39 is 0 Å². The molecule has 0 radical (unpaired) electrons. The predicted octanol–water partition coefficient (Wildman–Crippen LogP) is 2.94. The second-order valence-corrected chi connectivity index (χ2v) is 5.64. The number of hydrogen-bond acceptors (Lipinski definition) is 2. The van der Waals surface area contributed by atoms with Crippen LogP contribution in [0.5, 0.6) is 0 Å². The maximum absolute atomic E-state index is 5.90. The van der Waals surface area contributed by atoms with E-state index in [4.69, 9.17) is 11.6 Å². The fraction of sp³-hybridized carbons (Fsp3) is 0.600. The number of nitrogens with one attached hydrogen (secondary N) is 1. The smallest absolute Gasteiger partial charge is 0.0931 e. The van der Waals surface area contributed by atoms with Crippen LogP contribution in [0.4, 0.5) is 0 Å². The van der Waals surface area contributed by atoms with Gasteiger partial charge in [-0.2, -0.15) is 0 Å². The van der Waals surface area contributed by atoms with Gasteiger partial charge < -0.3 is 5.32 Å². The van der Waals surface area contributed by atoms with E-state index in [9.17, 15) is 0 Å². The Bertz CT molecular complexity index is 285. The minimum absolute atomic E-state index is 0.522. The lowest BCUT2D eigenvalue weighted by Gasteiger charge is -2.42. The second kappa shape index (κ2) is 3.60. The summed E-state index contributed by atoms with van der Waals surface area (Å²) in [4.78, 5) is 1.42. The van der Waals surface area contributed by atoms with E-state index in [-0.39, 0.29) is 0 Å². The molecule has 1 aromatic rings. The largest absolute Gasteiger partial charge is 0.316 e. The summed E-state index contributed by atoms with van der Waals surface area (Å²) in [5.41, 5.74) is 0.522. The van der Waals surface area contributed by atoms with Crippen LogP contribution in [0, 0.1) is 5.41 Å². The summed E-state index contributed by atoms with van der Waals surface area (Å²) in [5, 5.41) is 3.35. The molecule has 0 atom stereocenters. The van der Waals surface area contributed by atoms with Crippen molar-refractivity contribution in [1.82, 2.24) is 5.32 Å². The molecule has 2 rings (SSSR count). The summed E-state index contributed by atoms with van der Waals surface area (Å²) >= 11 is 7.61. The molecule has 1 aliphatic heterocycles. The molecule has 0 aromatic carbocycles. The molecule has 13 heavy (non-hydrogen) atoms. The first kappa shape index (κ1) is 9.50. The van der Waals surface area contributed by atoms with Gasteiger partial charge in [0.25, 0.3) is 0 Å². The summed E-state index contributed by atoms with van der Waals surface area (Å²) < 4.78 is 0.911. The summed E-state index contributed by atoms with van der Waals surface area (Å²) in [6, 6.07) is 4.15. The Kier molecular flexibility index (Phi) is 2.63. The first-order valence-corrected chi connectivity index (χ1v) is 5.88. The van der Waals surface area contributed by atoms with Crippen LogP contribution in [0.3, 0.4) is 0 Å². The highest BCUT2D eigenvalue weighted by Gasteiger charge is 2.35. The molecule has 0 aliphatic carbocycles. The standard InChI is InChI=1S/C10H14ClNS/c1-2-10(6-12-7-10)5-8-3-4-9(11)13-8/h3-4,12H,2,5-7H2,1H3. The van der Waals surface area contributed by atoms with Crippen molar-refractivity contribution in [2.45, 2.75) is 19.8 Å². The molecular formula is C10H14ClNS. The molecule has 3 heteroatoms. The van der Waals surface area contributed by atoms with Gasteiger partial charge in [0.15, 0.2) is 0 Å². The lowest BCUT2D eigenvalue weighted by molar-refractivity contribution is 0.161. The fourth-order valence-electron chi connectivity index (χ4n) is 1.79. The van der Waals surface area contributed by atoms with Crippen LogP contribution in [-0.2, 0) is 6.42 Å². The van der Waals surface area contributed by atoms with Crippen molar-refractivity contribution in [3.8, 4) is 0 Å². The van der Waals surface area contributed by atoms with E-state index in [0.29, 0.717) is 5.41 Å². The van der Waals surface area contributed by atoms with Crippen LogP contribution in [0.15, 0.2) is 12.1 Å². The van der Waals surface area contributed by atoms with E-state index in [0.717, 1.165) is 4.34 Å². The summed E-state index contributed by atoms with van der Waals surface area (Å²) in [6.45, 7) is 4.61. The van der Waals surface area contributed by atoms with Crippen LogP contribution in [0.2, 0.25) is 4.34 Å². The third-order valence-corrected chi connectivity index (χ3v) is 4.16. The number of thiophene rings is 1. The minimum atomic E-state index is 0.522. The second-order valence-electron chi connectivity index (χ2n) is 3.84. The van der Waals surface area contributed by atoms with Gasteiger partial charge in [0.05, 0.1) is 4.34 Å². The number of rotatable bonds is 3. The molecule has 1 fully saturated rings. The van der Waals surface area contributed by atoms with Gasteiger partial charge in [-0.05, 0) is 30.4 Å². The van der Waals surface area contributed by atoms with Crippen LogP contribution in [0.1, 0.15) is 18.2 Å². The monoisotopic (exact) mass is 215 g/mol. The zero-order valence-electron chi connectivity index (χ0n) is 7.77. The lowest BCUT2D eigenvalue weighted by atomic mass is 9.76. The van der Waals surface area contributed by atoms with E-state index >= 15 is 0 Å². The van der Waals surface area contributed by atoms with Crippen molar-refractivity contribution in [2.75, 3.05) is 13.1 Å². The highest BCUT2D eigenvalue weighted by molar-refractivity contribution is 7.16. The fourth-order valence-corrected chi connectivity index (χ4v) is 3.06. The molecule has 72 valence electrons. The van der Waals surface area contributed by atoms with Gasteiger partial charge in [-0.25, -0.2) is 0 Å². The van der Waals surface area contributed by atoms with Crippen LogP contribution < -0.4 is 5.32 Å². The molecule has 1 N–H and O–H groups in total. The van der Waals surface area contributed by atoms with Gasteiger partial charge in [-0.15, -0.1) is 11.3 Å². The topological polar surface area (TPSA) is 12.0 Å². The Morgan fingerprint density at radius 3 is 2.69 bits per heavy atom. The van der Waals surface area contributed by atoms with Gasteiger partial charge in [-0.3, -0.25) is 0 Å². The average Bonchev–Trinajstić information content (AvgIpc) is 2.44. The maximum atomic E-state index is 5.90. The number of halogens is 1. The van der Waals surface area contributed by atoms with Gasteiger partial charge in [-0.1, -0.05) is 18.5 Å². The quantitative estimate of drug-likeness (QED) is 0.818. The van der Waals surface area contributed by atoms with Gasteiger partial charge in [0.2, 0.25) is 0 Å². The molecule has 2 heterocycles. The molecule has 0 unspecified atom stereocenters. The predicted molar refractivity (Wildman–Crippen MR) is 58.6 cm³/mol. The van der Waals surface area contributed by atoms with Crippen molar-refractivity contribution < 1.29 is 0 Å². The van der Waals surface area contributed by atoms with E-state index in [1.807, 2.05) is 6.07 Å².